The monoisotopic (exact) mass is 332 g/mol. The summed E-state index contributed by atoms with van der Waals surface area (Å²) >= 11 is 5.23. The number of hydrogen-bond donors (Lipinski definition) is 1. The summed E-state index contributed by atoms with van der Waals surface area (Å²) in [4.78, 5) is 1.82. The molecule has 3 heterocycles. The molecule has 2 saturated heterocycles. The standard InChI is InChI=1S/C13H21N3O3S2/c1-10-2-5-15(6-3-10)9-16-13(20)19-12(14-16)11-4-7-21(17,18)8-11/h10-11H,2-9H2,1H3/p+1/t11-/m0/s1. The number of sulfone groups is 1. The molecule has 1 aromatic heterocycles. The highest BCUT2D eigenvalue weighted by Crippen LogP contribution is 2.27. The maximum absolute atomic E-state index is 11.5. The normalized spacial score (nSPS) is 32.3. The summed E-state index contributed by atoms with van der Waals surface area (Å²) in [5.74, 6) is 1.52. The number of nitrogens with zero attached hydrogens (tertiary/aromatic N) is 2. The van der Waals surface area contributed by atoms with Crippen LogP contribution in [0.5, 0.6) is 0 Å². The smallest absolute Gasteiger partial charge is 0.291 e. The molecule has 0 saturated carbocycles. The second-order valence-corrected chi connectivity index (χ2v) is 8.97. The lowest BCUT2D eigenvalue weighted by Gasteiger charge is -2.26. The average Bonchev–Trinajstić information content (AvgIpc) is 2.96. The Morgan fingerprint density at radius 3 is 2.71 bits per heavy atom. The predicted molar refractivity (Wildman–Crippen MR) is 80.4 cm³/mol. The van der Waals surface area contributed by atoms with Gasteiger partial charge in [0.1, 0.15) is 0 Å². The van der Waals surface area contributed by atoms with E-state index in [-0.39, 0.29) is 17.4 Å². The van der Waals surface area contributed by atoms with Gasteiger partial charge >= 0.3 is 0 Å². The highest BCUT2D eigenvalue weighted by molar-refractivity contribution is 7.91. The molecule has 1 atom stereocenters. The fourth-order valence-corrected chi connectivity index (χ4v) is 5.04. The van der Waals surface area contributed by atoms with Crippen LogP contribution in [0.25, 0.3) is 0 Å². The van der Waals surface area contributed by atoms with Crippen LogP contribution in [0.4, 0.5) is 0 Å². The van der Waals surface area contributed by atoms with Crippen LogP contribution in [0.3, 0.4) is 0 Å². The molecule has 0 radical (unpaired) electrons. The van der Waals surface area contributed by atoms with Crippen molar-refractivity contribution in [1.82, 2.24) is 9.78 Å². The highest BCUT2D eigenvalue weighted by atomic mass is 32.2. The molecule has 0 bridgehead atoms. The molecule has 6 nitrogen and oxygen atoms in total. The van der Waals surface area contributed by atoms with Crippen LogP contribution in [0.1, 0.15) is 38.0 Å². The first-order chi connectivity index (χ1) is 9.93. The molecule has 2 fully saturated rings. The van der Waals surface area contributed by atoms with Crippen LogP contribution in [-0.2, 0) is 16.5 Å². The van der Waals surface area contributed by atoms with Crippen LogP contribution in [0.2, 0.25) is 0 Å². The molecule has 8 heteroatoms. The first-order valence-electron chi connectivity index (χ1n) is 7.55. The van der Waals surface area contributed by atoms with Gasteiger partial charge in [0, 0.05) is 0 Å². The predicted octanol–water partition coefficient (Wildman–Crippen LogP) is 0.380. The maximum atomic E-state index is 11.5. The third-order valence-corrected chi connectivity index (χ3v) is 6.62. The lowest BCUT2D eigenvalue weighted by atomic mass is 10.00. The molecule has 0 aliphatic carbocycles. The van der Waals surface area contributed by atoms with E-state index in [9.17, 15) is 8.42 Å². The van der Waals surface area contributed by atoms with Crippen molar-refractivity contribution in [2.24, 2.45) is 5.92 Å². The fourth-order valence-electron chi connectivity index (χ4n) is 3.12. The topological polar surface area (TPSA) is 69.5 Å². The van der Waals surface area contributed by atoms with E-state index in [1.807, 2.05) is 0 Å². The Hall–Kier alpha value is -0.730. The number of rotatable bonds is 3. The van der Waals surface area contributed by atoms with Crippen LogP contribution < -0.4 is 4.90 Å². The number of hydrogen-bond acceptors (Lipinski definition) is 5. The van der Waals surface area contributed by atoms with E-state index in [0.717, 1.165) is 19.0 Å². The summed E-state index contributed by atoms with van der Waals surface area (Å²) in [6.45, 7) is 5.26. The van der Waals surface area contributed by atoms with Gasteiger partial charge in [-0.15, -0.1) is 5.10 Å². The lowest BCUT2D eigenvalue weighted by molar-refractivity contribution is -0.929. The Balaban J connectivity index is 1.69. The largest absolute Gasteiger partial charge is 0.413 e. The minimum absolute atomic E-state index is 0.130. The van der Waals surface area contributed by atoms with Gasteiger partial charge in [-0.3, -0.25) is 0 Å². The second kappa shape index (κ2) is 5.81. The third kappa shape index (κ3) is 3.54. The Morgan fingerprint density at radius 1 is 1.38 bits per heavy atom. The first kappa shape index (κ1) is 15.2. The molecule has 2 aliphatic heterocycles. The molecular weight excluding hydrogens is 310 g/mol. The van der Waals surface area contributed by atoms with Crippen molar-refractivity contribution >= 4 is 22.1 Å². The molecule has 0 unspecified atom stereocenters. The minimum atomic E-state index is -2.93. The van der Waals surface area contributed by atoms with E-state index in [4.69, 9.17) is 16.6 Å². The minimum Gasteiger partial charge on any atom is -0.413 e. The highest BCUT2D eigenvalue weighted by Gasteiger charge is 2.33. The van der Waals surface area contributed by atoms with Gasteiger partial charge in [0.15, 0.2) is 16.5 Å². The maximum Gasteiger partial charge on any atom is 0.291 e. The van der Waals surface area contributed by atoms with Gasteiger partial charge < -0.3 is 9.32 Å². The summed E-state index contributed by atoms with van der Waals surface area (Å²) in [5, 5.41) is 4.43. The summed E-state index contributed by atoms with van der Waals surface area (Å²) in [6, 6.07) is 0. The van der Waals surface area contributed by atoms with Crippen molar-refractivity contribution in [3.8, 4) is 0 Å². The zero-order chi connectivity index (χ0) is 15.0. The third-order valence-electron chi connectivity index (χ3n) is 4.56. The SMILES string of the molecule is CC1CC[NH+](Cn2nc([C@H]3CCS(=O)(=O)C3)oc2=S)CC1. The van der Waals surface area contributed by atoms with Crippen molar-refractivity contribution in [1.29, 1.82) is 0 Å². The molecule has 21 heavy (non-hydrogen) atoms. The van der Waals surface area contributed by atoms with Gasteiger partial charge in [-0.1, -0.05) is 6.92 Å². The van der Waals surface area contributed by atoms with E-state index in [1.165, 1.54) is 17.7 Å². The Morgan fingerprint density at radius 2 is 2.10 bits per heavy atom. The number of aromatic nitrogens is 2. The van der Waals surface area contributed by atoms with Crippen LogP contribution >= 0.6 is 12.2 Å². The van der Waals surface area contributed by atoms with Gasteiger partial charge in [0.25, 0.3) is 4.84 Å². The second-order valence-electron chi connectivity index (χ2n) is 6.40. The van der Waals surface area contributed by atoms with Gasteiger partial charge in [-0.25, -0.2) is 8.42 Å². The van der Waals surface area contributed by atoms with Gasteiger partial charge in [0.05, 0.1) is 30.5 Å². The van der Waals surface area contributed by atoms with Crippen LogP contribution in [0, 0.1) is 10.8 Å². The number of nitrogens with one attached hydrogen (secondary N) is 1. The average molecular weight is 332 g/mol. The quantitative estimate of drug-likeness (QED) is 0.811. The Kier molecular flexibility index (Phi) is 4.20. The molecule has 2 aliphatic rings. The summed E-state index contributed by atoms with van der Waals surface area (Å²) in [7, 11) is -2.93. The van der Waals surface area contributed by atoms with Gasteiger partial charge in [-0.05, 0) is 37.4 Å². The van der Waals surface area contributed by atoms with Crippen molar-refractivity contribution in [3.05, 3.63) is 10.7 Å². The molecular formula is C13H22N3O3S2+. The number of quaternary nitrogens is 1. The Labute approximate surface area is 130 Å². The zero-order valence-electron chi connectivity index (χ0n) is 12.2. The molecule has 1 N–H and O–H groups in total. The number of likely N-dealkylation sites (tertiary alicyclic amines) is 1. The summed E-state index contributed by atoms with van der Waals surface area (Å²) in [5.41, 5.74) is 0. The van der Waals surface area contributed by atoms with E-state index in [2.05, 4.69) is 12.0 Å². The van der Waals surface area contributed by atoms with E-state index < -0.39 is 9.84 Å². The van der Waals surface area contributed by atoms with Gasteiger partial charge in [0.2, 0.25) is 5.89 Å². The summed E-state index contributed by atoms with van der Waals surface area (Å²) in [6.07, 6.45) is 3.05. The molecule has 3 rings (SSSR count). The van der Waals surface area contributed by atoms with Crippen LogP contribution in [0.15, 0.2) is 4.42 Å². The van der Waals surface area contributed by atoms with Crippen molar-refractivity contribution in [2.45, 2.75) is 38.8 Å². The van der Waals surface area contributed by atoms with Crippen LogP contribution in [-0.4, -0.2) is 42.8 Å². The lowest BCUT2D eigenvalue weighted by Crippen LogP contribution is -3.12. The number of piperidine rings is 1. The van der Waals surface area contributed by atoms with Gasteiger partial charge in [-0.2, -0.15) is 4.68 Å². The Bertz CT molecular complexity index is 656. The first-order valence-corrected chi connectivity index (χ1v) is 9.78. The van der Waals surface area contributed by atoms with Crippen molar-refractivity contribution < 1.29 is 17.7 Å². The van der Waals surface area contributed by atoms with Crippen molar-refractivity contribution in [2.75, 3.05) is 24.6 Å². The zero-order valence-corrected chi connectivity index (χ0v) is 13.9. The molecule has 1 aromatic rings. The molecule has 0 amide bonds. The summed E-state index contributed by atoms with van der Waals surface area (Å²) < 4.78 is 30.4. The van der Waals surface area contributed by atoms with Crippen molar-refractivity contribution in [3.63, 3.8) is 0 Å². The fraction of sp³-hybridized carbons (Fsp3) is 0.846. The van der Waals surface area contributed by atoms with E-state index in [1.54, 1.807) is 4.68 Å². The van der Waals surface area contributed by atoms with E-state index >= 15 is 0 Å². The molecule has 0 aromatic carbocycles. The molecule has 0 spiro atoms. The molecule has 118 valence electrons. The van der Waals surface area contributed by atoms with E-state index in [0.29, 0.717) is 23.8 Å².